The molecule has 1 heterocycles. The number of aliphatic hydroxyl groups is 4. The number of ether oxygens (including phenoxy) is 2. The van der Waals surface area contributed by atoms with Crippen LogP contribution < -0.4 is 0 Å². The van der Waals surface area contributed by atoms with E-state index in [9.17, 15) is 20.4 Å². The fourth-order valence-corrected chi connectivity index (χ4v) is 7.44. The van der Waals surface area contributed by atoms with E-state index in [1.807, 2.05) is 0 Å². The molecule has 4 aliphatic rings. The molecular weight excluding hydrogens is 348 g/mol. The van der Waals surface area contributed by atoms with Gasteiger partial charge in [-0.05, 0) is 49.4 Å². The summed E-state index contributed by atoms with van der Waals surface area (Å²) < 4.78 is 12.0. The van der Waals surface area contributed by atoms with Gasteiger partial charge in [-0.15, -0.1) is 0 Å². The van der Waals surface area contributed by atoms with E-state index in [4.69, 9.17) is 9.47 Å². The van der Waals surface area contributed by atoms with Crippen molar-refractivity contribution >= 4 is 0 Å². The predicted octanol–water partition coefficient (Wildman–Crippen LogP) is 1.35. The van der Waals surface area contributed by atoms with E-state index < -0.39 is 37.3 Å². The van der Waals surface area contributed by atoms with Crippen LogP contribution in [0.25, 0.3) is 0 Å². The maximum absolute atomic E-state index is 10.4. The lowest BCUT2D eigenvalue weighted by Crippen LogP contribution is -2.60. The van der Waals surface area contributed by atoms with Gasteiger partial charge in [-0.2, -0.15) is 0 Å². The molecule has 154 valence electrons. The van der Waals surface area contributed by atoms with Crippen molar-refractivity contribution < 1.29 is 29.9 Å². The van der Waals surface area contributed by atoms with E-state index in [1.54, 1.807) is 0 Å². The Hall–Kier alpha value is -0.500. The smallest absolute Gasteiger partial charge is 0.187 e. The van der Waals surface area contributed by atoms with Gasteiger partial charge in [-0.3, -0.25) is 0 Å². The van der Waals surface area contributed by atoms with Crippen LogP contribution in [-0.2, 0) is 9.47 Å². The molecule has 6 nitrogen and oxygen atoms in total. The first-order chi connectivity index (χ1) is 12.6. The number of allylic oxidation sites excluding steroid dienone is 1. The molecule has 27 heavy (non-hydrogen) atoms. The first-order valence-electron chi connectivity index (χ1n) is 10.3. The molecule has 2 saturated carbocycles. The van der Waals surface area contributed by atoms with Gasteiger partial charge in [0.2, 0.25) is 0 Å². The van der Waals surface area contributed by atoms with Gasteiger partial charge in [0.05, 0.1) is 12.7 Å². The molecule has 4 N–H and O–H groups in total. The zero-order chi connectivity index (χ0) is 19.8. The molecule has 6 heteroatoms. The summed E-state index contributed by atoms with van der Waals surface area (Å²) in [5, 5.41) is 40.0. The minimum Gasteiger partial charge on any atom is -0.394 e. The Labute approximate surface area is 161 Å². The van der Waals surface area contributed by atoms with Crippen LogP contribution in [0.15, 0.2) is 11.6 Å². The first-order valence-corrected chi connectivity index (χ1v) is 10.3. The second-order valence-corrected chi connectivity index (χ2v) is 9.80. The van der Waals surface area contributed by atoms with Crippen LogP contribution in [0.5, 0.6) is 0 Å². The zero-order valence-electron chi connectivity index (χ0n) is 16.8. The normalized spacial score (nSPS) is 53.9. The minimum atomic E-state index is -1.40. The first kappa shape index (κ1) is 19.8. The highest BCUT2D eigenvalue weighted by Crippen LogP contribution is 2.78. The zero-order valence-corrected chi connectivity index (χ0v) is 16.8. The van der Waals surface area contributed by atoms with Gasteiger partial charge in [0.1, 0.15) is 24.4 Å². The van der Waals surface area contributed by atoms with Gasteiger partial charge < -0.3 is 29.9 Å². The van der Waals surface area contributed by atoms with Gasteiger partial charge in [0.15, 0.2) is 6.29 Å². The Morgan fingerprint density at radius 2 is 1.78 bits per heavy atom. The van der Waals surface area contributed by atoms with Gasteiger partial charge in [0, 0.05) is 5.41 Å². The van der Waals surface area contributed by atoms with E-state index in [-0.39, 0.29) is 22.3 Å². The highest BCUT2D eigenvalue weighted by atomic mass is 16.7. The van der Waals surface area contributed by atoms with Gasteiger partial charge >= 0.3 is 0 Å². The summed E-state index contributed by atoms with van der Waals surface area (Å²) in [4.78, 5) is 0. The minimum absolute atomic E-state index is 0.0880. The third-order valence-corrected chi connectivity index (χ3v) is 8.52. The van der Waals surface area contributed by atoms with E-state index in [2.05, 4.69) is 33.8 Å². The summed E-state index contributed by atoms with van der Waals surface area (Å²) in [5.74, 6) is 0.466. The van der Waals surface area contributed by atoms with Crippen LogP contribution in [0.2, 0.25) is 0 Å². The van der Waals surface area contributed by atoms with Gasteiger partial charge in [0.25, 0.3) is 0 Å². The average molecular weight is 382 g/mol. The van der Waals surface area contributed by atoms with Crippen molar-refractivity contribution in [1.29, 1.82) is 0 Å². The van der Waals surface area contributed by atoms with Crippen LogP contribution >= 0.6 is 0 Å². The monoisotopic (exact) mass is 382 g/mol. The van der Waals surface area contributed by atoms with E-state index >= 15 is 0 Å². The lowest BCUT2D eigenvalue weighted by Gasteiger charge is -2.50. The maximum Gasteiger partial charge on any atom is 0.187 e. The van der Waals surface area contributed by atoms with Crippen LogP contribution in [0.3, 0.4) is 0 Å². The molecule has 9 atom stereocenters. The Kier molecular flexibility index (Phi) is 4.58. The highest BCUT2D eigenvalue weighted by molar-refractivity contribution is 5.39. The summed E-state index contributed by atoms with van der Waals surface area (Å²) >= 11 is 0. The molecule has 0 amide bonds. The Bertz CT molecular complexity index is 630. The molecule has 0 spiro atoms. The second-order valence-electron chi connectivity index (χ2n) is 9.80. The van der Waals surface area contributed by atoms with Gasteiger partial charge in [-0.25, -0.2) is 0 Å². The molecular formula is C21H34O6. The summed E-state index contributed by atoms with van der Waals surface area (Å²) in [6.07, 6.45) is 0.478. The number of hydrogen-bond donors (Lipinski definition) is 4. The maximum atomic E-state index is 10.4. The fraction of sp³-hybridized carbons (Fsp3) is 0.905. The molecule has 1 aliphatic heterocycles. The molecule has 4 unspecified atom stereocenters. The molecule has 0 aromatic carbocycles. The van der Waals surface area contributed by atoms with Gasteiger partial charge in [-0.1, -0.05) is 32.4 Å². The average Bonchev–Trinajstić information content (AvgIpc) is 3.16. The van der Waals surface area contributed by atoms with Crippen molar-refractivity contribution in [3.8, 4) is 0 Å². The van der Waals surface area contributed by atoms with Crippen molar-refractivity contribution in [2.45, 2.75) is 90.2 Å². The lowest BCUT2D eigenvalue weighted by molar-refractivity contribution is -0.319. The Morgan fingerprint density at radius 1 is 1.11 bits per heavy atom. The SMILES string of the molecule is CC1=CC(C)(C)C23CCC(C)C12C(O[C@@H]1O[C@H](CO)[C@@H](O)[C@H](O)[C@H]1O)CC3. The molecule has 0 radical (unpaired) electrons. The number of aliphatic hydroxyl groups excluding tert-OH is 4. The molecule has 0 aromatic heterocycles. The summed E-state index contributed by atoms with van der Waals surface area (Å²) in [6, 6.07) is 0. The van der Waals surface area contributed by atoms with Crippen LogP contribution in [-0.4, -0.2) is 63.8 Å². The van der Waals surface area contributed by atoms with E-state index in [1.165, 1.54) is 12.0 Å². The van der Waals surface area contributed by atoms with Crippen molar-refractivity contribution in [2.24, 2.45) is 22.2 Å². The summed E-state index contributed by atoms with van der Waals surface area (Å²) in [6.45, 7) is 8.72. The quantitative estimate of drug-likeness (QED) is 0.550. The molecule has 3 aliphatic carbocycles. The van der Waals surface area contributed by atoms with Crippen molar-refractivity contribution in [2.75, 3.05) is 6.61 Å². The summed E-state index contributed by atoms with van der Waals surface area (Å²) in [5.41, 5.74) is 1.53. The van der Waals surface area contributed by atoms with Crippen molar-refractivity contribution in [3.63, 3.8) is 0 Å². The number of rotatable bonds is 3. The third-order valence-electron chi connectivity index (χ3n) is 8.52. The second kappa shape index (κ2) is 6.25. The van der Waals surface area contributed by atoms with Crippen LogP contribution in [0.1, 0.15) is 53.4 Å². The molecule has 4 rings (SSSR count). The third kappa shape index (κ3) is 2.29. The molecule has 0 bridgehead atoms. The predicted molar refractivity (Wildman–Crippen MR) is 98.7 cm³/mol. The molecule has 0 aromatic rings. The largest absolute Gasteiger partial charge is 0.394 e. The fourth-order valence-electron chi connectivity index (χ4n) is 7.44. The van der Waals surface area contributed by atoms with Crippen LogP contribution in [0, 0.1) is 22.2 Å². The highest BCUT2D eigenvalue weighted by Gasteiger charge is 2.74. The topological polar surface area (TPSA) is 99.4 Å². The summed E-state index contributed by atoms with van der Waals surface area (Å²) in [7, 11) is 0. The standard InChI is InChI=1S/C21H34O6/c1-11-5-7-20-8-6-14(21(11,20)12(2)9-19(20,3)4)27-18-17(25)16(24)15(23)13(10-22)26-18/h9,11,13-18,22-25H,5-8,10H2,1-4H3/t11?,13-,14?,15-,16+,17-,18+,20?,21?/m1/s1. The Morgan fingerprint density at radius 3 is 2.44 bits per heavy atom. The number of hydrogen-bond acceptors (Lipinski definition) is 6. The van der Waals surface area contributed by atoms with Crippen molar-refractivity contribution in [3.05, 3.63) is 11.6 Å². The van der Waals surface area contributed by atoms with Crippen molar-refractivity contribution in [1.82, 2.24) is 0 Å². The Balaban J connectivity index is 1.65. The van der Waals surface area contributed by atoms with E-state index in [0.717, 1.165) is 19.3 Å². The molecule has 3 fully saturated rings. The van der Waals surface area contributed by atoms with Crippen LogP contribution in [0.4, 0.5) is 0 Å². The van der Waals surface area contributed by atoms with E-state index in [0.29, 0.717) is 5.92 Å². The molecule has 1 saturated heterocycles. The lowest BCUT2D eigenvalue weighted by atomic mass is 9.56.